The second-order valence-corrected chi connectivity index (χ2v) is 4.66. The van der Waals surface area contributed by atoms with Gasteiger partial charge in [0.15, 0.2) is 5.82 Å². The summed E-state index contributed by atoms with van der Waals surface area (Å²) in [5.74, 6) is -0.551. The third-order valence-electron chi connectivity index (χ3n) is 2.35. The van der Waals surface area contributed by atoms with Crippen LogP contribution in [0.4, 0.5) is 10.1 Å². The molecule has 16 heavy (non-hydrogen) atoms. The predicted octanol–water partition coefficient (Wildman–Crippen LogP) is 3.29. The van der Waals surface area contributed by atoms with Crippen LogP contribution in [0.3, 0.4) is 0 Å². The molecule has 0 bridgehead atoms. The van der Waals surface area contributed by atoms with Crippen LogP contribution in [-0.2, 0) is 0 Å². The van der Waals surface area contributed by atoms with Crippen LogP contribution in [0, 0.1) is 21.8 Å². The van der Waals surface area contributed by atoms with E-state index in [4.69, 9.17) is 4.74 Å². The van der Waals surface area contributed by atoms with Crippen molar-refractivity contribution < 1.29 is 14.1 Å². The van der Waals surface area contributed by atoms with Gasteiger partial charge in [-0.3, -0.25) is 10.1 Å². The van der Waals surface area contributed by atoms with Gasteiger partial charge in [0.1, 0.15) is 0 Å². The van der Waals surface area contributed by atoms with Gasteiger partial charge >= 0.3 is 5.69 Å². The summed E-state index contributed by atoms with van der Waals surface area (Å²) in [6.45, 7) is 0.347. The minimum Gasteiger partial charge on any atom is -0.484 e. The zero-order valence-electron chi connectivity index (χ0n) is 8.28. The average molecular weight is 290 g/mol. The minimum atomic E-state index is -0.707. The Kier molecular flexibility index (Phi) is 3.09. The van der Waals surface area contributed by atoms with Gasteiger partial charge in [-0.25, -0.2) is 4.39 Å². The number of ether oxygens (including phenoxy) is 1. The van der Waals surface area contributed by atoms with Gasteiger partial charge in [-0.05, 0) is 24.8 Å². The maximum atomic E-state index is 13.5. The van der Waals surface area contributed by atoms with E-state index in [-0.39, 0.29) is 11.4 Å². The van der Waals surface area contributed by atoms with Crippen molar-refractivity contribution in [1.29, 1.82) is 0 Å². The van der Waals surface area contributed by atoms with E-state index in [0.717, 1.165) is 18.9 Å². The van der Waals surface area contributed by atoms with E-state index in [1.54, 1.807) is 0 Å². The van der Waals surface area contributed by atoms with E-state index in [9.17, 15) is 14.5 Å². The Morgan fingerprint density at radius 2 is 2.25 bits per heavy atom. The first kappa shape index (κ1) is 11.3. The number of rotatable bonds is 4. The zero-order valence-corrected chi connectivity index (χ0v) is 9.87. The van der Waals surface area contributed by atoms with Crippen molar-refractivity contribution in [3.05, 3.63) is 32.5 Å². The van der Waals surface area contributed by atoms with Crippen molar-refractivity contribution in [3.8, 4) is 5.75 Å². The van der Waals surface area contributed by atoms with Gasteiger partial charge in [0.05, 0.1) is 11.5 Å². The molecule has 1 fully saturated rings. The first-order chi connectivity index (χ1) is 7.58. The van der Waals surface area contributed by atoms with Crippen LogP contribution >= 0.6 is 15.9 Å². The molecule has 1 aliphatic rings. The summed E-state index contributed by atoms with van der Waals surface area (Å²) in [6, 6.07) is 2.40. The highest BCUT2D eigenvalue weighted by Gasteiger charge is 2.26. The molecule has 0 saturated heterocycles. The molecule has 0 amide bonds. The van der Waals surface area contributed by atoms with Gasteiger partial charge in [-0.15, -0.1) is 0 Å². The summed E-state index contributed by atoms with van der Waals surface area (Å²) in [5, 5.41) is 10.7. The average Bonchev–Trinajstić information content (AvgIpc) is 2.98. The second kappa shape index (κ2) is 4.37. The van der Waals surface area contributed by atoms with Crippen molar-refractivity contribution in [2.45, 2.75) is 12.8 Å². The lowest BCUT2D eigenvalue weighted by Crippen LogP contribution is -2.04. The molecule has 0 N–H and O–H groups in total. The Hall–Kier alpha value is -1.17. The molecule has 2 rings (SSSR count). The molecule has 0 spiro atoms. The largest absolute Gasteiger partial charge is 0.484 e. The summed E-state index contributed by atoms with van der Waals surface area (Å²) in [6.07, 6.45) is 2.10. The van der Waals surface area contributed by atoms with Crippen molar-refractivity contribution in [3.63, 3.8) is 0 Å². The van der Waals surface area contributed by atoms with Crippen LogP contribution in [0.2, 0.25) is 0 Å². The van der Waals surface area contributed by atoms with Crippen molar-refractivity contribution in [2.75, 3.05) is 6.61 Å². The SMILES string of the molecule is O=[N+]([O-])c1cc(Br)cc(F)c1OCC1CC1. The molecule has 0 unspecified atom stereocenters. The van der Waals surface area contributed by atoms with Gasteiger partial charge in [0.2, 0.25) is 5.75 Å². The smallest absolute Gasteiger partial charge is 0.315 e. The van der Waals surface area contributed by atoms with Gasteiger partial charge in [-0.1, -0.05) is 15.9 Å². The van der Waals surface area contributed by atoms with Crippen molar-refractivity contribution in [1.82, 2.24) is 0 Å². The molecule has 6 heteroatoms. The van der Waals surface area contributed by atoms with Crippen LogP contribution in [0.1, 0.15) is 12.8 Å². The number of nitrogens with zero attached hydrogens (tertiary/aromatic N) is 1. The molecular formula is C10H9BrFNO3. The third-order valence-corrected chi connectivity index (χ3v) is 2.80. The molecule has 1 aromatic rings. The fourth-order valence-electron chi connectivity index (χ4n) is 1.31. The summed E-state index contributed by atoms with van der Waals surface area (Å²) >= 11 is 3.01. The monoisotopic (exact) mass is 289 g/mol. The molecule has 1 aromatic carbocycles. The molecule has 0 heterocycles. The topological polar surface area (TPSA) is 52.4 Å². The van der Waals surface area contributed by atoms with Gasteiger partial charge in [-0.2, -0.15) is 0 Å². The highest BCUT2D eigenvalue weighted by molar-refractivity contribution is 9.10. The Labute approximate surface area is 99.7 Å². The molecule has 0 atom stereocenters. The number of nitro groups is 1. The molecule has 1 saturated carbocycles. The third kappa shape index (κ3) is 2.49. The molecule has 4 nitrogen and oxygen atoms in total. The maximum Gasteiger partial charge on any atom is 0.315 e. The van der Waals surface area contributed by atoms with E-state index < -0.39 is 10.7 Å². The lowest BCUT2D eigenvalue weighted by molar-refractivity contribution is -0.386. The first-order valence-corrected chi connectivity index (χ1v) is 5.63. The minimum absolute atomic E-state index is 0.264. The molecular weight excluding hydrogens is 281 g/mol. The van der Waals surface area contributed by atoms with Crippen LogP contribution in [0.5, 0.6) is 5.75 Å². The van der Waals surface area contributed by atoms with Crippen molar-refractivity contribution >= 4 is 21.6 Å². The zero-order chi connectivity index (χ0) is 11.7. The molecule has 0 aliphatic heterocycles. The number of nitro benzene ring substituents is 1. The van der Waals surface area contributed by atoms with E-state index >= 15 is 0 Å². The summed E-state index contributed by atoms with van der Waals surface area (Å²) in [7, 11) is 0. The van der Waals surface area contributed by atoms with Crippen LogP contribution in [-0.4, -0.2) is 11.5 Å². The van der Waals surface area contributed by atoms with E-state index in [0.29, 0.717) is 17.0 Å². The molecule has 0 aromatic heterocycles. The molecule has 86 valence electrons. The Bertz CT molecular complexity index is 434. The number of benzene rings is 1. The molecule has 1 aliphatic carbocycles. The van der Waals surface area contributed by atoms with Crippen LogP contribution < -0.4 is 4.74 Å². The van der Waals surface area contributed by atoms with Gasteiger partial charge in [0.25, 0.3) is 0 Å². The van der Waals surface area contributed by atoms with Crippen LogP contribution in [0.15, 0.2) is 16.6 Å². The van der Waals surface area contributed by atoms with Gasteiger partial charge < -0.3 is 4.74 Å². The van der Waals surface area contributed by atoms with Crippen molar-refractivity contribution in [2.24, 2.45) is 5.92 Å². The highest BCUT2D eigenvalue weighted by atomic mass is 79.9. The summed E-state index contributed by atoms with van der Waals surface area (Å²) < 4.78 is 19.0. The fourth-order valence-corrected chi connectivity index (χ4v) is 1.73. The lowest BCUT2D eigenvalue weighted by atomic mass is 10.3. The maximum absolute atomic E-state index is 13.5. The summed E-state index contributed by atoms with van der Waals surface area (Å²) in [4.78, 5) is 10.1. The number of hydrogen-bond acceptors (Lipinski definition) is 3. The van der Waals surface area contributed by atoms with E-state index in [1.807, 2.05) is 0 Å². The Morgan fingerprint density at radius 3 is 2.81 bits per heavy atom. The van der Waals surface area contributed by atoms with E-state index in [2.05, 4.69) is 15.9 Å². The lowest BCUT2D eigenvalue weighted by Gasteiger charge is -2.07. The quantitative estimate of drug-likeness (QED) is 0.631. The number of hydrogen-bond donors (Lipinski definition) is 0. The fraction of sp³-hybridized carbons (Fsp3) is 0.400. The summed E-state index contributed by atoms with van der Waals surface area (Å²) in [5.41, 5.74) is -0.340. The van der Waals surface area contributed by atoms with E-state index in [1.165, 1.54) is 6.07 Å². The predicted molar refractivity (Wildman–Crippen MR) is 59.0 cm³/mol. The second-order valence-electron chi connectivity index (χ2n) is 3.75. The standard InChI is InChI=1S/C10H9BrFNO3/c11-7-3-8(12)10(9(4-7)13(14)15)16-5-6-1-2-6/h3-4,6H,1-2,5H2. The Balaban J connectivity index is 2.27. The normalized spacial score (nSPS) is 14.9. The highest BCUT2D eigenvalue weighted by Crippen LogP contribution is 2.36. The number of halogens is 2. The van der Waals surface area contributed by atoms with Crippen LogP contribution in [0.25, 0.3) is 0 Å². The first-order valence-electron chi connectivity index (χ1n) is 4.84. The Morgan fingerprint density at radius 1 is 1.56 bits per heavy atom. The van der Waals surface area contributed by atoms with Gasteiger partial charge in [0, 0.05) is 10.5 Å². The molecule has 0 radical (unpaired) electrons.